The van der Waals surface area contributed by atoms with Crippen molar-refractivity contribution in [2.45, 2.75) is 64.0 Å². The normalized spacial score (nSPS) is 21.1. The Morgan fingerprint density at radius 2 is 1.54 bits per heavy atom. The Balaban J connectivity index is 1.40. The molecular formula is C28H34N2O5. The zero-order chi connectivity index (χ0) is 24.9. The van der Waals surface area contributed by atoms with E-state index < -0.39 is 29.9 Å². The second-order valence-electron chi connectivity index (χ2n) is 9.75. The van der Waals surface area contributed by atoms with Crippen LogP contribution in [0.25, 0.3) is 11.1 Å². The number of rotatable bonds is 7. The van der Waals surface area contributed by atoms with E-state index in [9.17, 15) is 19.5 Å². The number of ether oxygens (including phenoxy) is 1. The van der Waals surface area contributed by atoms with E-state index in [2.05, 4.69) is 34.9 Å². The second kappa shape index (κ2) is 10.9. The molecule has 0 radical (unpaired) electrons. The standard InChI is InChI=1S/C28H34N2O5/c1-17(27(32)33)18(2)29-26(31)23-14-4-3-5-15-25(23)30-28(34)35-16-24-21-12-8-6-10-19(21)20-11-7-9-13-22(20)24/h6-13,17-18,23-25H,3-5,14-16H2,1-2H3,(H,29,31)(H,30,34)(H,32,33)/t17?,18?,23-,25+/m1/s1. The number of hydrogen-bond acceptors (Lipinski definition) is 4. The van der Waals surface area contributed by atoms with Crippen LogP contribution in [0.5, 0.6) is 0 Å². The number of benzene rings is 2. The average Bonchev–Trinajstić information content (AvgIpc) is 2.98. The molecule has 0 aromatic heterocycles. The lowest BCUT2D eigenvalue weighted by Crippen LogP contribution is -2.50. The lowest BCUT2D eigenvalue weighted by atomic mass is 9.92. The molecule has 35 heavy (non-hydrogen) atoms. The largest absolute Gasteiger partial charge is 0.481 e. The Morgan fingerprint density at radius 1 is 0.943 bits per heavy atom. The van der Waals surface area contributed by atoms with Gasteiger partial charge in [-0.15, -0.1) is 0 Å². The highest BCUT2D eigenvalue weighted by atomic mass is 16.5. The van der Waals surface area contributed by atoms with E-state index >= 15 is 0 Å². The summed E-state index contributed by atoms with van der Waals surface area (Å²) in [5, 5.41) is 15.0. The van der Waals surface area contributed by atoms with Crippen LogP contribution in [-0.4, -0.2) is 41.8 Å². The summed E-state index contributed by atoms with van der Waals surface area (Å²) in [5.74, 6) is -2.30. The summed E-state index contributed by atoms with van der Waals surface area (Å²) in [4.78, 5) is 37.1. The van der Waals surface area contributed by atoms with Crippen LogP contribution in [0, 0.1) is 11.8 Å². The van der Waals surface area contributed by atoms with E-state index in [-0.39, 0.29) is 24.5 Å². The van der Waals surface area contributed by atoms with Crippen LogP contribution >= 0.6 is 0 Å². The maximum atomic E-state index is 13.0. The summed E-state index contributed by atoms with van der Waals surface area (Å²) in [6, 6.07) is 15.5. The Bertz CT molecular complexity index is 1040. The zero-order valence-electron chi connectivity index (χ0n) is 20.3. The Labute approximate surface area is 206 Å². The van der Waals surface area contributed by atoms with E-state index in [1.165, 1.54) is 11.1 Å². The second-order valence-corrected chi connectivity index (χ2v) is 9.75. The summed E-state index contributed by atoms with van der Waals surface area (Å²) in [6.45, 7) is 3.49. The lowest BCUT2D eigenvalue weighted by Gasteiger charge is -2.27. The molecule has 0 heterocycles. The van der Waals surface area contributed by atoms with Crippen LogP contribution in [0.2, 0.25) is 0 Å². The fourth-order valence-electron chi connectivity index (χ4n) is 5.26. The molecule has 186 valence electrons. The Kier molecular flexibility index (Phi) is 7.73. The van der Waals surface area contributed by atoms with Gasteiger partial charge in [-0.25, -0.2) is 4.79 Å². The van der Waals surface area contributed by atoms with Crippen LogP contribution in [0.15, 0.2) is 48.5 Å². The maximum absolute atomic E-state index is 13.0. The molecule has 2 unspecified atom stereocenters. The van der Waals surface area contributed by atoms with Crippen molar-refractivity contribution in [3.63, 3.8) is 0 Å². The number of aliphatic carboxylic acids is 1. The van der Waals surface area contributed by atoms with Gasteiger partial charge in [0.2, 0.25) is 5.91 Å². The van der Waals surface area contributed by atoms with Crippen LogP contribution in [0.3, 0.4) is 0 Å². The van der Waals surface area contributed by atoms with Crippen LogP contribution < -0.4 is 10.6 Å². The summed E-state index contributed by atoms with van der Waals surface area (Å²) in [5.41, 5.74) is 4.63. The highest BCUT2D eigenvalue weighted by Gasteiger charge is 2.34. The molecule has 7 nitrogen and oxygen atoms in total. The van der Waals surface area contributed by atoms with E-state index in [0.29, 0.717) is 12.8 Å². The first-order valence-electron chi connectivity index (χ1n) is 12.5. The third kappa shape index (κ3) is 5.50. The van der Waals surface area contributed by atoms with E-state index in [0.717, 1.165) is 30.4 Å². The molecular weight excluding hydrogens is 444 g/mol. The SMILES string of the molecule is CC(NC(=O)[C@@H]1CCCCC[C@@H]1NC(=O)OCC1c2ccccc2-c2ccccc21)C(C)C(=O)O. The van der Waals surface area contributed by atoms with Crippen LogP contribution in [0.1, 0.15) is 63.0 Å². The molecule has 0 bridgehead atoms. The molecule has 1 fully saturated rings. The summed E-state index contributed by atoms with van der Waals surface area (Å²) >= 11 is 0. The van der Waals surface area contributed by atoms with Crippen molar-refractivity contribution in [2.75, 3.05) is 6.61 Å². The molecule has 2 aromatic carbocycles. The molecule has 4 rings (SSSR count). The topological polar surface area (TPSA) is 105 Å². The number of nitrogens with one attached hydrogen (secondary N) is 2. The van der Waals surface area contributed by atoms with Gasteiger partial charge in [0.15, 0.2) is 0 Å². The van der Waals surface area contributed by atoms with Crippen molar-refractivity contribution < 1.29 is 24.2 Å². The summed E-state index contributed by atoms with van der Waals surface area (Å²) in [7, 11) is 0. The molecule has 0 saturated heterocycles. The predicted molar refractivity (Wildman–Crippen MR) is 133 cm³/mol. The minimum Gasteiger partial charge on any atom is -0.481 e. The first-order chi connectivity index (χ1) is 16.9. The number of hydrogen-bond donors (Lipinski definition) is 3. The number of alkyl carbamates (subject to hydrolysis) is 1. The number of fused-ring (bicyclic) bond motifs is 3. The highest BCUT2D eigenvalue weighted by Crippen LogP contribution is 2.44. The van der Waals surface area contributed by atoms with Crippen molar-refractivity contribution in [2.24, 2.45) is 11.8 Å². The van der Waals surface area contributed by atoms with Crippen molar-refractivity contribution in [3.05, 3.63) is 59.7 Å². The molecule has 4 atom stereocenters. The molecule has 2 amide bonds. The zero-order valence-corrected chi connectivity index (χ0v) is 20.3. The van der Waals surface area contributed by atoms with E-state index in [1.54, 1.807) is 13.8 Å². The van der Waals surface area contributed by atoms with Gasteiger partial charge < -0.3 is 20.5 Å². The third-order valence-electron chi connectivity index (χ3n) is 7.51. The molecule has 0 spiro atoms. The van der Waals surface area contributed by atoms with Gasteiger partial charge in [0.1, 0.15) is 6.61 Å². The van der Waals surface area contributed by atoms with E-state index in [1.807, 2.05) is 24.3 Å². The minimum atomic E-state index is -0.952. The fraction of sp³-hybridized carbons (Fsp3) is 0.464. The molecule has 1 saturated carbocycles. The third-order valence-corrected chi connectivity index (χ3v) is 7.51. The lowest BCUT2D eigenvalue weighted by molar-refractivity contribution is -0.142. The number of carboxylic acids is 1. The predicted octanol–water partition coefficient (Wildman–Crippen LogP) is 4.70. The van der Waals surface area contributed by atoms with Gasteiger partial charge in [-0.3, -0.25) is 9.59 Å². The highest BCUT2D eigenvalue weighted by molar-refractivity contribution is 5.82. The average molecular weight is 479 g/mol. The molecule has 2 aromatic rings. The Hall–Kier alpha value is -3.35. The monoisotopic (exact) mass is 478 g/mol. The number of carbonyl (C=O) groups is 3. The van der Waals surface area contributed by atoms with Crippen LogP contribution in [-0.2, 0) is 14.3 Å². The molecule has 3 N–H and O–H groups in total. The van der Waals surface area contributed by atoms with Gasteiger partial charge in [-0.1, -0.05) is 67.8 Å². The maximum Gasteiger partial charge on any atom is 0.407 e. The van der Waals surface area contributed by atoms with Gasteiger partial charge in [0, 0.05) is 18.0 Å². The quantitative estimate of drug-likeness (QED) is 0.501. The van der Waals surface area contributed by atoms with Crippen molar-refractivity contribution >= 4 is 18.0 Å². The van der Waals surface area contributed by atoms with Gasteiger partial charge in [-0.05, 0) is 48.9 Å². The van der Waals surface area contributed by atoms with E-state index in [4.69, 9.17) is 4.74 Å². The fourth-order valence-corrected chi connectivity index (χ4v) is 5.26. The van der Waals surface area contributed by atoms with Crippen molar-refractivity contribution in [3.8, 4) is 11.1 Å². The first-order valence-corrected chi connectivity index (χ1v) is 12.5. The summed E-state index contributed by atoms with van der Waals surface area (Å²) in [6.07, 6.45) is 3.61. The van der Waals surface area contributed by atoms with Gasteiger partial charge in [0.25, 0.3) is 0 Å². The minimum absolute atomic E-state index is 0.0280. The molecule has 7 heteroatoms. The number of amides is 2. The number of carbonyl (C=O) groups excluding carboxylic acids is 2. The van der Waals surface area contributed by atoms with Gasteiger partial charge >= 0.3 is 12.1 Å². The Morgan fingerprint density at radius 3 is 2.17 bits per heavy atom. The smallest absolute Gasteiger partial charge is 0.407 e. The summed E-state index contributed by atoms with van der Waals surface area (Å²) < 4.78 is 5.70. The van der Waals surface area contributed by atoms with Crippen molar-refractivity contribution in [1.29, 1.82) is 0 Å². The van der Waals surface area contributed by atoms with Gasteiger partial charge in [-0.2, -0.15) is 0 Å². The molecule has 2 aliphatic carbocycles. The van der Waals surface area contributed by atoms with Crippen molar-refractivity contribution in [1.82, 2.24) is 10.6 Å². The first kappa shape index (κ1) is 24.8. The van der Waals surface area contributed by atoms with Crippen LogP contribution in [0.4, 0.5) is 4.79 Å². The molecule has 2 aliphatic rings. The number of carboxylic acid groups (broad SMARTS) is 1. The van der Waals surface area contributed by atoms with Gasteiger partial charge in [0.05, 0.1) is 11.8 Å². The molecule has 0 aliphatic heterocycles.